The summed E-state index contributed by atoms with van der Waals surface area (Å²) >= 11 is 0. The second-order valence-electron chi connectivity index (χ2n) is 13.7. The number of hydrogen-bond donors (Lipinski definition) is 3. The Morgan fingerprint density at radius 2 is 0.964 bits per heavy atom. The predicted molar refractivity (Wildman–Crippen MR) is 223 cm³/mol. The van der Waals surface area contributed by atoms with Gasteiger partial charge in [0.15, 0.2) is 6.10 Å². The van der Waals surface area contributed by atoms with Crippen LogP contribution in [-0.2, 0) is 32.7 Å². The molecular weight excluding hydrogens is 719 g/mol. The van der Waals surface area contributed by atoms with Crippen molar-refractivity contribution in [3.05, 3.63) is 72.9 Å². The molecule has 0 aliphatic rings. The van der Waals surface area contributed by atoms with Gasteiger partial charge in [-0.2, -0.15) is 0 Å². The highest BCUT2D eigenvalue weighted by Crippen LogP contribution is 2.43. The van der Waals surface area contributed by atoms with E-state index in [-0.39, 0.29) is 19.4 Å². The maximum absolute atomic E-state index is 12.6. The van der Waals surface area contributed by atoms with Crippen LogP contribution < -0.4 is 0 Å². The van der Waals surface area contributed by atoms with Gasteiger partial charge in [-0.15, -0.1) is 0 Å². The summed E-state index contributed by atoms with van der Waals surface area (Å²) in [5.41, 5.74) is 0. The van der Waals surface area contributed by atoms with Gasteiger partial charge < -0.3 is 24.6 Å². The normalized spacial score (nSPS) is 14.6. The van der Waals surface area contributed by atoms with Crippen molar-refractivity contribution in [1.29, 1.82) is 0 Å². The number of carbonyl (C=O) groups excluding carboxylic acids is 2. The van der Waals surface area contributed by atoms with Gasteiger partial charge in [-0.05, 0) is 83.5 Å². The molecule has 0 fully saturated rings. The third-order valence-corrected chi connectivity index (χ3v) is 9.28. The van der Waals surface area contributed by atoms with Gasteiger partial charge in [-0.3, -0.25) is 18.6 Å². The lowest BCUT2D eigenvalue weighted by molar-refractivity contribution is -0.161. The largest absolute Gasteiger partial charge is 0.472 e. The van der Waals surface area contributed by atoms with E-state index >= 15 is 0 Å². The molecule has 0 amide bonds. The average Bonchev–Trinajstić information content (AvgIpc) is 3.17. The molecule has 3 N–H and O–H groups in total. The number of esters is 2. The average molecular weight is 795 g/mol. The van der Waals surface area contributed by atoms with Crippen molar-refractivity contribution in [2.24, 2.45) is 0 Å². The van der Waals surface area contributed by atoms with Gasteiger partial charge in [0.25, 0.3) is 0 Å². The van der Waals surface area contributed by atoms with E-state index in [9.17, 15) is 24.2 Å². The van der Waals surface area contributed by atoms with Gasteiger partial charge >= 0.3 is 19.8 Å². The first-order chi connectivity index (χ1) is 26.7. The Balaban J connectivity index is 4.46. The molecule has 1 unspecified atom stereocenters. The van der Waals surface area contributed by atoms with Gasteiger partial charge in [0.2, 0.25) is 0 Å². The lowest BCUT2D eigenvalue weighted by Crippen LogP contribution is -2.29. The van der Waals surface area contributed by atoms with Crippen molar-refractivity contribution in [3.63, 3.8) is 0 Å². The number of aliphatic hydroxyl groups is 2. The summed E-state index contributed by atoms with van der Waals surface area (Å²) in [6, 6.07) is 0. The van der Waals surface area contributed by atoms with Gasteiger partial charge in [0, 0.05) is 12.8 Å². The molecule has 11 heteroatoms. The summed E-state index contributed by atoms with van der Waals surface area (Å²) < 4.78 is 32.6. The Labute approximate surface area is 333 Å². The van der Waals surface area contributed by atoms with Gasteiger partial charge in [-0.1, -0.05) is 132 Å². The second-order valence-corrected chi connectivity index (χ2v) is 15.1. The molecule has 0 aliphatic carbocycles. The number of rotatable bonds is 38. The van der Waals surface area contributed by atoms with E-state index in [4.69, 9.17) is 19.1 Å². The van der Waals surface area contributed by atoms with Crippen LogP contribution in [0.15, 0.2) is 72.9 Å². The lowest BCUT2D eigenvalue weighted by atomic mass is 10.1. The maximum Gasteiger partial charge on any atom is 0.472 e. The molecule has 0 rings (SSSR count). The van der Waals surface area contributed by atoms with E-state index in [1.165, 1.54) is 38.5 Å². The highest BCUT2D eigenvalue weighted by Gasteiger charge is 2.27. The summed E-state index contributed by atoms with van der Waals surface area (Å²) in [5.74, 6) is -1.01. The van der Waals surface area contributed by atoms with Crippen LogP contribution in [0.1, 0.15) is 155 Å². The molecule has 0 saturated heterocycles. The van der Waals surface area contributed by atoms with Crippen molar-refractivity contribution in [3.8, 4) is 0 Å². The minimum atomic E-state index is -4.64. The van der Waals surface area contributed by atoms with Crippen LogP contribution in [0.3, 0.4) is 0 Å². The molecule has 0 heterocycles. The van der Waals surface area contributed by atoms with Crippen LogP contribution in [0.2, 0.25) is 0 Å². The minimum absolute atomic E-state index is 0.153. The van der Waals surface area contributed by atoms with Crippen molar-refractivity contribution in [2.45, 2.75) is 167 Å². The molecule has 0 aromatic rings. The van der Waals surface area contributed by atoms with E-state index in [0.717, 1.165) is 70.6 Å². The van der Waals surface area contributed by atoms with Gasteiger partial charge in [0.05, 0.1) is 19.8 Å². The number of aliphatic hydroxyl groups excluding tert-OH is 2. The molecule has 0 aromatic carbocycles. The fourth-order valence-electron chi connectivity index (χ4n) is 5.07. The first kappa shape index (κ1) is 52.4. The third kappa shape index (κ3) is 39.4. The second kappa shape index (κ2) is 39.6. The molecule has 0 radical (unpaired) electrons. The number of phosphoric acid groups is 1. The van der Waals surface area contributed by atoms with Gasteiger partial charge in [-0.25, -0.2) is 4.57 Å². The molecule has 3 atom stereocenters. The van der Waals surface area contributed by atoms with E-state index in [1.54, 1.807) is 0 Å². The Kier molecular flexibility index (Phi) is 37.8. The number of allylic oxidation sites excluding steroid dienone is 12. The molecule has 55 heavy (non-hydrogen) atoms. The summed E-state index contributed by atoms with van der Waals surface area (Å²) in [6.45, 7) is 2.22. The first-order valence-corrected chi connectivity index (χ1v) is 22.4. The maximum atomic E-state index is 12.6. The Bertz CT molecular complexity index is 1140. The molecule has 316 valence electrons. The van der Waals surface area contributed by atoms with Crippen LogP contribution in [-0.4, -0.2) is 65.7 Å². The zero-order valence-electron chi connectivity index (χ0n) is 34.1. The molecule has 0 bridgehead atoms. The van der Waals surface area contributed by atoms with Crippen LogP contribution in [0.4, 0.5) is 0 Å². The zero-order valence-corrected chi connectivity index (χ0v) is 35.0. The van der Waals surface area contributed by atoms with Crippen LogP contribution in [0.25, 0.3) is 0 Å². The number of hydrogen-bond acceptors (Lipinski definition) is 9. The molecule has 0 aliphatic heterocycles. The molecule has 0 saturated carbocycles. The number of unbranched alkanes of at least 4 members (excludes halogenated alkanes) is 12. The summed E-state index contributed by atoms with van der Waals surface area (Å²) in [4.78, 5) is 34.9. The number of carbonyl (C=O) groups is 2. The predicted octanol–water partition coefficient (Wildman–Crippen LogP) is 10.9. The quantitative estimate of drug-likeness (QED) is 0.0239. The molecule has 0 spiro atoms. The Morgan fingerprint density at radius 1 is 0.545 bits per heavy atom. The van der Waals surface area contributed by atoms with E-state index in [1.807, 2.05) is 6.08 Å². The Hall–Kier alpha value is -2.59. The smallest absolute Gasteiger partial charge is 0.462 e. The molecule has 0 aromatic heterocycles. The van der Waals surface area contributed by atoms with Crippen molar-refractivity contribution in [2.75, 3.05) is 26.4 Å². The van der Waals surface area contributed by atoms with Crippen LogP contribution >= 0.6 is 7.82 Å². The number of phosphoric ester groups is 1. The van der Waals surface area contributed by atoms with Crippen LogP contribution in [0.5, 0.6) is 0 Å². The van der Waals surface area contributed by atoms with Crippen molar-refractivity contribution >= 4 is 19.8 Å². The molecular formula is C44H75O10P. The fraction of sp³-hybridized carbons (Fsp3) is 0.682. The first-order valence-electron chi connectivity index (χ1n) is 20.9. The lowest BCUT2D eigenvalue weighted by Gasteiger charge is -2.20. The monoisotopic (exact) mass is 795 g/mol. The Morgan fingerprint density at radius 3 is 1.47 bits per heavy atom. The standard InChI is InChI=1S/C44H75O10P/c1-3-5-7-9-11-13-15-17-19-20-22-23-25-27-29-31-33-35-43(47)51-39-42(40-53-55(49,50)52-38-41(46)37-45)54-44(48)36-34-32-30-28-26-24-21-18-16-14-12-10-8-6-4-2/h11-14,17-19,21-23,27,29,41-42,45-46H,3-10,15-16,20,24-26,28,30-40H2,1-2H3,(H,49,50)/b13-11-,14-12-,19-17-,21-18-,23-22-,29-27-/t41-,42+/m0/s1. The van der Waals surface area contributed by atoms with E-state index in [2.05, 4.69) is 85.2 Å². The van der Waals surface area contributed by atoms with E-state index in [0.29, 0.717) is 19.3 Å². The minimum Gasteiger partial charge on any atom is -0.462 e. The van der Waals surface area contributed by atoms with Gasteiger partial charge in [0.1, 0.15) is 12.7 Å². The summed E-state index contributed by atoms with van der Waals surface area (Å²) in [7, 11) is -4.64. The fourth-order valence-corrected chi connectivity index (χ4v) is 5.86. The highest BCUT2D eigenvalue weighted by molar-refractivity contribution is 7.47. The van der Waals surface area contributed by atoms with Crippen molar-refractivity contribution in [1.82, 2.24) is 0 Å². The van der Waals surface area contributed by atoms with Crippen molar-refractivity contribution < 1.29 is 47.8 Å². The topological polar surface area (TPSA) is 149 Å². The summed E-state index contributed by atoms with van der Waals surface area (Å²) in [5, 5.41) is 18.3. The SMILES string of the molecule is CCCCC/C=C\C/C=C\C/C=C\C/C=C\CCCC(=O)OC[C@H](COP(=O)(O)OC[C@@H](O)CO)OC(=O)CCCCCCC/C=C\C/C=C\CCCCC. The van der Waals surface area contributed by atoms with Crippen LogP contribution in [0, 0.1) is 0 Å². The molecule has 10 nitrogen and oxygen atoms in total. The highest BCUT2D eigenvalue weighted by atomic mass is 31.2. The zero-order chi connectivity index (χ0) is 40.5. The summed E-state index contributed by atoms with van der Waals surface area (Å²) in [6.07, 6.45) is 44.4. The van der Waals surface area contributed by atoms with E-state index < -0.39 is 51.8 Å². The number of ether oxygens (including phenoxy) is 2. The third-order valence-electron chi connectivity index (χ3n) is 8.33.